The average Bonchev–Trinajstić information content (AvgIpc) is 2.51. The van der Waals surface area contributed by atoms with Gasteiger partial charge in [-0.3, -0.25) is 0 Å². The first kappa shape index (κ1) is 17.0. The Morgan fingerprint density at radius 2 is 1.70 bits per heavy atom. The molecule has 0 bridgehead atoms. The van der Waals surface area contributed by atoms with E-state index < -0.39 is 0 Å². The van der Waals surface area contributed by atoms with Gasteiger partial charge in [0.2, 0.25) is 0 Å². The minimum absolute atomic E-state index is 0.103. The summed E-state index contributed by atoms with van der Waals surface area (Å²) in [5, 5.41) is 15.2. The van der Waals surface area contributed by atoms with E-state index in [2.05, 4.69) is 10.6 Å². The fourth-order valence-electron chi connectivity index (χ4n) is 2.77. The summed E-state index contributed by atoms with van der Waals surface area (Å²) in [5.41, 5.74) is 5.13. The van der Waals surface area contributed by atoms with Crippen molar-refractivity contribution in [3.63, 3.8) is 0 Å². The number of carbonyl (C=O) groups excluding carboxylic acids is 1. The highest BCUT2D eigenvalue weighted by Gasteiger charge is 2.14. The van der Waals surface area contributed by atoms with E-state index in [0.29, 0.717) is 6.42 Å². The molecule has 3 N–H and O–H groups in total. The van der Waals surface area contributed by atoms with E-state index in [1.54, 1.807) is 0 Å². The average molecular weight is 312 g/mol. The lowest BCUT2D eigenvalue weighted by Gasteiger charge is -2.19. The summed E-state index contributed by atoms with van der Waals surface area (Å²) in [7, 11) is 0. The Balaban J connectivity index is 2.00. The number of benzene rings is 2. The van der Waals surface area contributed by atoms with E-state index in [0.717, 1.165) is 22.4 Å². The van der Waals surface area contributed by atoms with Gasteiger partial charge >= 0.3 is 6.03 Å². The van der Waals surface area contributed by atoms with Gasteiger partial charge in [-0.05, 0) is 43.9 Å². The standard InChI is InChI=1S/C19H24N2O2/c1-13-9-14(2)18(15(3)10-13)21-19(23)20-17(12-22)11-16-7-5-4-6-8-16/h4-10,17,22H,11-12H2,1-3H3,(H2,20,21,23). The number of amides is 2. The number of anilines is 1. The van der Waals surface area contributed by atoms with Crippen LogP contribution in [0.3, 0.4) is 0 Å². The normalized spacial score (nSPS) is 11.8. The number of hydrogen-bond donors (Lipinski definition) is 3. The molecule has 0 aliphatic carbocycles. The summed E-state index contributed by atoms with van der Waals surface area (Å²) in [6.45, 7) is 5.88. The Morgan fingerprint density at radius 3 is 2.26 bits per heavy atom. The first-order chi connectivity index (χ1) is 11.0. The number of aliphatic hydroxyl groups excluding tert-OH is 1. The smallest absolute Gasteiger partial charge is 0.319 e. The largest absolute Gasteiger partial charge is 0.394 e. The topological polar surface area (TPSA) is 61.4 Å². The fraction of sp³-hybridized carbons (Fsp3) is 0.316. The van der Waals surface area contributed by atoms with Gasteiger partial charge in [0.15, 0.2) is 0 Å². The zero-order chi connectivity index (χ0) is 16.8. The number of hydrogen-bond acceptors (Lipinski definition) is 2. The molecule has 2 aromatic carbocycles. The van der Waals surface area contributed by atoms with Crippen LogP contribution in [0.2, 0.25) is 0 Å². The van der Waals surface area contributed by atoms with Gasteiger partial charge in [0.1, 0.15) is 0 Å². The molecule has 0 heterocycles. The lowest BCUT2D eigenvalue weighted by Crippen LogP contribution is -2.41. The van der Waals surface area contributed by atoms with Crippen molar-refractivity contribution in [3.05, 3.63) is 64.7 Å². The molecule has 0 aliphatic rings. The van der Waals surface area contributed by atoms with Crippen LogP contribution in [-0.4, -0.2) is 23.8 Å². The highest BCUT2D eigenvalue weighted by Crippen LogP contribution is 2.21. The highest BCUT2D eigenvalue weighted by atomic mass is 16.3. The second-order valence-corrected chi connectivity index (χ2v) is 5.94. The molecule has 0 aromatic heterocycles. The molecule has 0 saturated carbocycles. The van der Waals surface area contributed by atoms with Gasteiger partial charge in [0, 0.05) is 5.69 Å². The monoisotopic (exact) mass is 312 g/mol. The van der Waals surface area contributed by atoms with Crippen molar-refractivity contribution in [2.45, 2.75) is 33.2 Å². The molecular weight excluding hydrogens is 288 g/mol. The molecule has 4 heteroatoms. The van der Waals surface area contributed by atoms with Gasteiger partial charge in [-0.2, -0.15) is 0 Å². The van der Waals surface area contributed by atoms with E-state index in [1.807, 2.05) is 63.2 Å². The molecule has 0 fully saturated rings. The molecule has 0 aliphatic heterocycles. The zero-order valence-corrected chi connectivity index (χ0v) is 13.9. The van der Waals surface area contributed by atoms with Crippen LogP contribution in [0.15, 0.2) is 42.5 Å². The number of urea groups is 1. The summed E-state index contributed by atoms with van der Waals surface area (Å²) >= 11 is 0. The molecule has 122 valence electrons. The predicted molar refractivity (Wildman–Crippen MR) is 93.8 cm³/mol. The molecule has 23 heavy (non-hydrogen) atoms. The van der Waals surface area contributed by atoms with Crippen molar-refractivity contribution in [1.82, 2.24) is 5.32 Å². The zero-order valence-electron chi connectivity index (χ0n) is 13.9. The summed E-state index contributed by atoms with van der Waals surface area (Å²) in [4.78, 5) is 12.2. The first-order valence-corrected chi connectivity index (χ1v) is 7.79. The van der Waals surface area contributed by atoms with Gasteiger partial charge in [-0.1, -0.05) is 48.0 Å². The van der Waals surface area contributed by atoms with Crippen LogP contribution >= 0.6 is 0 Å². The van der Waals surface area contributed by atoms with Gasteiger partial charge < -0.3 is 15.7 Å². The molecule has 1 atom stereocenters. The lowest BCUT2D eigenvalue weighted by atomic mass is 10.1. The molecular formula is C19H24N2O2. The molecule has 1 unspecified atom stereocenters. The number of carbonyl (C=O) groups is 1. The van der Waals surface area contributed by atoms with Crippen molar-refractivity contribution in [2.24, 2.45) is 0 Å². The van der Waals surface area contributed by atoms with Crippen molar-refractivity contribution in [3.8, 4) is 0 Å². The molecule has 4 nitrogen and oxygen atoms in total. The first-order valence-electron chi connectivity index (χ1n) is 7.79. The molecule has 0 spiro atoms. The van der Waals surface area contributed by atoms with Crippen molar-refractivity contribution >= 4 is 11.7 Å². The Bertz CT molecular complexity index is 645. The van der Waals surface area contributed by atoms with E-state index in [-0.39, 0.29) is 18.7 Å². The lowest BCUT2D eigenvalue weighted by molar-refractivity contribution is 0.224. The van der Waals surface area contributed by atoms with Crippen molar-refractivity contribution in [2.75, 3.05) is 11.9 Å². The summed E-state index contributed by atoms with van der Waals surface area (Å²) in [5.74, 6) is 0. The summed E-state index contributed by atoms with van der Waals surface area (Å²) in [6, 6.07) is 13.3. The second kappa shape index (κ2) is 7.79. The minimum atomic E-state index is -0.316. The van der Waals surface area contributed by atoms with Crippen LogP contribution in [-0.2, 0) is 6.42 Å². The van der Waals surface area contributed by atoms with Crippen LogP contribution < -0.4 is 10.6 Å². The molecule has 0 radical (unpaired) electrons. The van der Waals surface area contributed by atoms with Gasteiger partial charge in [-0.15, -0.1) is 0 Å². The Kier molecular flexibility index (Phi) is 5.77. The van der Waals surface area contributed by atoms with Crippen LogP contribution in [0.4, 0.5) is 10.5 Å². The predicted octanol–water partition coefficient (Wildman–Crippen LogP) is 3.34. The maximum Gasteiger partial charge on any atom is 0.319 e. The minimum Gasteiger partial charge on any atom is -0.394 e. The Morgan fingerprint density at radius 1 is 1.09 bits per heavy atom. The van der Waals surface area contributed by atoms with E-state index in [9.17, 15) is 9.90 Å². The van der Waals surface area contributed by atoms with Gasteiger partial charge in [0.25, 0.3) is 0 Å². The van der Waals surface area contributed by atoms with Crippen LogP contribution in [0.5, 0.6) is 0 Å². The van der Waals surface area contributed by atoms with Crippen LogP contribution in [0.25, 0.3) is 0 Å². The van der Waals surface area contributed by atoms with Crippen molar-refractivity contribution in [1.29, 1.82) is 0 Å². The third-order valence-electron chi connectivity index (χ3n) is 3.80. The number of rotatable bonds is 5. The third kappa shape index (κ3) is 4.83. The molecule has 0 saturated heterocycles. The Hall–Kier alpha value is -2.33. The van der Waals surface area contributed by atoms with E-state index >= 15 is 0 Å². The third-order valence-corrected chi connectivity index (χ3v) is 3.80. The summed E-state index contributed by atoms with van der Waals surface area (Å²) in [6.07, 6.45) is 0.594. The highest BCUT2D eigenvalue weighted by molar-refractivity contribution is 5.91. The fourth-order valence-corrected chi connectivity index (χ4v) is 2.77. The quantitative estimate of drug-likeness (QED) is 0.793. The van der Waals surface area contributed by atoms with Gasteiger partial charge in [0.05, 0.1) is 12.6 Å². The number of nitrogens with one attached hydrogen (secondary N) is 2. The molecule has 2 aromatic rings. The SMILES string of the molecule is Cc1cc(C)c(NC(=O)NC(CO)Cc2ccccc2)c(C)c1. The van der Waals surface area contributed by atoms with Crippen LogP contribution in [0.1, 0.15) is 22.3 Å². The van der Waals surface area contributed by atoms with E-state index in [1.165, 1.54) is 5.56 Å². The molecule has 2 rings (SSSR count). The Labute approximate surface area is 137 Å². The van der Waals surface area contributed by atoms with Crippen LogP contribution in [0, 0.1) is 20.8 Å². The van der Waals surface area contributed by atoms with Gasteiger partial charge in [-0.25, -0.2) is 4.79 Å². The summed E-state index contributed by atoms with van der Waals surface area (Å²) < 4.78 is 0. The maximum atomic E-state index is 12.2. The number of aliphatic hydroxyl groups is 1. The van der Waals surface area contributed by atoms with Crippen molar-refractivity contribution < 1.29 is 9.90 Å². The molecule has 2 amide bonds. The maximum absolute atomic E-state index is 12.2. The van der Waals surface area contributed by atoms with E-state index in [4.69, 9.17) is 0 Å². The number of aryl methyl sites for hydroxylation is 3. The second-order valence-electron chi connectivity index (χ2n) is 5.94.